The zero-order chi connectivity index (χ0) is 15.4. The molecule has 3 N–H and O–H groups in total. The highest BCUT2D eigenvalue weighted by molar-refractivity contribution is 6.31. The molecule has 0 saturated carbocycles. The minimum Gasteiger partial charge on any atom is -0.409 e. The molecule has 0 aliphatic carbocycles. The second-order valence-corrected chi connectivity index (χ2v) is 4.80. The van der Waals surface area contributed by atoms with E-state index in [1.165, 1.54) is 12.1 Å². The molecular formula is C15H15ClFN3O. The normalized spacial score (nSPS) is 11.5. The highest BCUT2D eigenvalue weighted by atomic mass is 35.5. The number of halogens is 2. The molecule has 2 rings (SSSR count). The van der Waals surface area contributed by atoms with Crippen LogP contribution >= 0.6 is 11.6 Å². The number of nitrogens with two attached hydrogens (primary N) is 1. The lowest BCUT2D eigenvalue weighted by molar-refractivity contribution is 0.318. The number of benzene rings is 2. The van der Waals surface area contributed by atoms with Crippen LogP contribution in [0.3, 0.4) is 0 Å². The summed E-state index contributed by atoms with van der Waals surface area (Å²) in [5.74, 6) is -0.337. The lowest BCUT2D eigenvalue weighted by Crippen LogP contribution is -2.22. The SMILES string of the molecule is CCN(c1ccc(F)cc1)c1ccc(Cl)cc1C(N)=NO. The van der Waals surface area contributed by atoms with Gasteiger partial charge in [0.1, 0.15) is 5.82 Å². The first-order chi connectivity index (χ1) is 10.1. The molecule has 0 saturated heterocycles. The third kappa shape index (κ3) is 3.25. The van der Waals surface area contributed by atoms with E-state index >= 15 is 0 Å². The number of anilines is 2. The van der Waals surface area contributed by atoms with Gasteiger partial charge in [-0.05, 0) is 49.4 Å². The fraction of sp³-hybridized carbons (Fsp3) is 0.133. The molecule has 2 aromatic rings. The number of hydrogen-bond donors (Lipinski definition) is 2. The van der Waals surface area contributed by atoms with Crippen LogP contribution in [-0.4, -0.2) is 17.6 Å². The van der Waals surface area contributed by atoms with Crippen molar-refractivity contribution >= 4 is 28.8 Å². The number of rotatable bonds is 4. The van der Waals surface area contributed by atoms with Gasteiger partial charge >= 0.3 is 0 Å². The molecule has 0 fully saturated rings. The average Bonchev–Trinajstić information content (AvgIpc) is 2.50. The van der Waals surface area contributed by atoms with E-state index in [0.717, 1.165) is 11.4 Å². The van der Waals surface area contributed by atoms with E-state index in [0.29, 0.717) is 17.1 Å². The Bertz CT molecular complexity index is 658. The van der Waals surface area contributed by atoms with Crippen molar-refractivity contribution in [2.75, 3.05) is 11.4 Å². The third-order valence-electron chi connectivity index (χ3n) is 3.09. The van der Waals surface area contributed by atoms with Gasteiger partial charge in [0.05, 0.1) is 5.69 Å². The summed E-state index contributed by atoms with van der Waals surface area (Å²) < 4.78 is 13.1. The van der Waals surface area contributed by atoms with Crippen LogP contribution in [0.25, 0.3) is 0 Å². The van der Waals surface area contributed by atoms with Crippen LogP contribution in [0.15, 0.2) is 47.6 Å². The smallest absolute Gasteiger partial charge is 0.172 e. The molecule has 0 atom stereocenters. The second-order valence-electron chi connectivity index (χ2n) is 4.37. The number of oxime groups is 1. The predicted molar refractivity (Wildman–Crippen MR) is 83.0 cm³/mol. The molecule has 0 aliphatic heterocycles. The van der Waals surface area contributed by atoms with Gasteiger partial charge in [-0.25, -0.2) is 4.39 Å². The lowest BCUT2D eigenvalue weighted by atomic mass is 10.1. The molecule has 0 amide bonds. The van der Waals surface area contributed by atoms with Gasteiger partial charge in [0.15, 0.2) is 5.84 Å². The quantitative estimate of drug-likeness (QED) is 0.391. The fourth-order valence-electron chi connectivity index (χ4n) is 2.12. The van der Waals surface area contributed by atoms with Crippen LogP contribution in [0, 0.1) is 5.82 Å². The molecule has 110 valence electrons. The Labute approximate surface area is 127 Å². The van der Waals surface area contributed by atoms with E-state index in [4.69, 9.17) is 22.5 Å². The first kappa shape index (κ1) is 15.1. The van der Waals surface area contributed by atoms with E-state index in [2.05, 4.69) is 5.16 Å². The second kappa shape index (κ2) is 6.45. The van der Waals surface area contributed by atoms with Crippen molar-refractivity contribution in [1.29, 1.82) is 0 Å². The summed E-state index contributed by atoms with van der Waals surface area (Å²) in [5.41, 5.74) is 7.75. The van der Waals surface area contributed by atoms with Gasteiger partial charge in [0.2, 0.25) is 0 Å². The molecule has 2 aromatic carbocycles. The molecule has 0 bridgehead atoms. The molecule has 4 nitrogen and oxygen atoms in total. The molecular weight excluding hydrogens is 293 g/mol. The molecule has 6 heteroatoms. The largest absolute Gasteiger partial charge is 0.409 e. The summed E-state index contributed by atoms with van der Waals surface area (Å²) >= 11 is 5.97. The van der Waals surface area contributed by atoms with E-state index in [1.807, 2.05) is 11.8 Å². The summed E-state index contributed by atoms with van der Waals surface area (Å²) in [6.45, 7) is 2.58. The number of hydrogen-bond acceptors (Lipinski definition) is 3. The van der Waals surface area contributed by atoms with E-state index in [9.17, 15) is 4.39 Å². The number of nitrogens with zero attached hydrogens (tertiary/aromatic N) is 2. The third-order valence-corrected chi connectivity index (χ3v) is 3.32. The van der Waals surface area contributed by atoms with E-state index in [-0.39, 0.29) is 11.7 Å². The molecule has 0 radical (unpaired) electrons. The number of amidine groups is 1. The van der Waals surface area contributed by atoms with Gasteiger partial charge < -0.3 is 15.8 Å². The summed E-state index contributed by atoms with van der Waals surface area (Å²) in [4.78, 5) is 1.92. The Hall–Kier alpha value is -2.27. The van der Waals surface area contributed by atoms with Crippen molar-refractivity contribution in [2.45, 2.75) is 6.92 Å². The highest BCUT2D eigenvalue weighted by Crippen LogP contribution is 2.30. The maximum atomic E-state index is 13.1. The maximum absolute atomic E-state index is 13.1. The standard InChI is InChI=1S/C15H15ClFN3O/c1-2-20(12-6-4-11(17)5-7-12)14-8-3-10(16)9-13(14)15(18)19-21/h3-9,21H,2H2,1H3,(H2,18,19). The van der Waals surface area contributed by atoms with Crippen molar-refractivity contribution in [3.8, 4) is 0 Å². The minimum atomic E-state index is -0.303. The monoisotopic (exact) mass is 307 g/mol. The molecule has 0 aliphatic rings. The van der Waals surface area contributed by atoms with Gasteiger partial charge in [-0.3, -0.25) is 0 Å². The lowest BCUT2D eigenvalue weighted by Gasteiger charge is -2.25. The average molecular weight is 308 g/mol. The van der Waals surface area contributed by atoms with Crippen LogP contribution < -0.4 is 10.6 Å². The van der Waals surface area contributed by atoms with Gasteiger partial charge in [-0.15, -0.1) is 0 Å². The first-order valence-electron chi connectivity index (χ1n) is 6.37. The van der Waals surface area contributed by atoms with E-state index < -0.39 is 0 Å². The summed E-state index contributed by atoms with van der Waals surface area (Å²) in [6.07, 6.45) is 0. The Morgan fingerprint density at radius 3 is 2.52 bits per heavy atom. The van der Waals surface area contributed by atoms with Crippen molar-refractivity contribution < 1.29 is 9.60 Å². The molecule has 21 heavy (non-hydrogen) atoms. The van der Waals surface area contributed by atoms with Crippen LogP contribution in [0.1, 0.15) is 12.5 Å². The van der Waals surface area contributed by atoms with Crippen LogP contribution in [0.4, 0.5) is 15.8 Å². The van der Waals surface area contributed by atoms with Crippen molar-refractivity contribution in [1.82, 2.24) is 0 Å². The van der Waals surface area contributed by atoms with E-state index in [1.54, 1.807) is 30.3 Å². The van der Waals surface area contributed by atoms with Crippen LogP contribution in [0.2, 0.25) is 5.02 Å². The molecule has 0 aromatic heterocycles. The molecule has 0 unspecified atom stereocenters. The Balaban J connectivity index is 2.54. The fourth-order valence-corrected chi connectivity index (χ4v) is 2.29. The zero-order valence-corrected chi connectivity index (χ0v) is 12.2. The van der Waals surface area contributed by atoms with Gasteiger partial charge in [0.25, 0.3) is 0 Å². The zero-order valence-electron chi connectivity index (χ0n) is 11.4. The predicted octanol–water partition coefficient (Wildman–Crippen LogP) is 3.73. The van der Waals surface area contributed by atoms with Crippen molar-refractivity contribution in [3.05, 3.63) is 58.9 Å². The Kier molecular flexibility index (Phi) is 4.65. The Morgan fingerprint density at radius 2 is 1.95 bits per heavy atom. The highest BCUT2D eigenvalue weighted by Gasteiger charge is 2.15. The summed E-state index contributed by atoms with van der Waals surface area (Å²) in [6, 6.07) is 11.2. The minimum absolute atomic E-state index is 0.0342. The van der Waals surface area contributed by atoms with Crippen LogP contribution in [-0.2, 0) is 0 Å². The van der Waals surface area contributed by atoms with Crippen molar-refractivity contribution in [3.63, 3.8) is 0 Å². The molecule has 0 heterocycles. The topological polar surface area (TPSA) is 61.8 Å². The van der Waals surface area contributed by atoms with Gasteiger partial charge in [0, 0.05) is 22.8 Å². The van der Waals surface area contributed by atoms with Crippen molar-refractivity contribution in [2.24, 2.45) is 10.9 Å². The maximum Gasteiger partial charge on any atom is 0.172 e. The van der Waals surface area contributed by atoms with Gasteiger partial charge in [-0.1, -0.05) is 16.8 Å². The Morgan fingerprint density at radius 1 is 1.29 bits per heavy atom. The summed E-state index contributed by atoms with van der Waals surface area (Å²) in [5, 5.41) is 12.4. The van der Waals surface area contributed by atoms with Crippen LogP contribution in [0.5, 0.6) is 0 Å². The first-order valence-corrected chi connectivity index (χ1v) is 6.75. The van der Waals surface area contributed by atoms with Gasteiger partial charge in [-0.2, -0.15) is 0 Å². The molecule has 0 spiro atoms. The summed E-state index contributed by atoms with van der Waals surface area (Å²) in [7, 11) is 0.